The summed E-state index contributed by atoms with van der Waals surface area (Å²) in [6.45, 7) is 4.90. The third kappa shape index (κ3) is 3.84. The minimum atomic E-state index is -2.88. The van der Waals surface area contributed by atoms with Crippen molar-refractivity contribution in [1.29, 1.82) is 5.26 Å². The molecule has 6 heteroatoms. The van der Waals surface area contributed by atoms with Crippen molar-refractivity contribution in [3.63, 3.8) is 0 Å². The quantitative estimate of drug-likeness (QED) is 0.660. The predicted molar refractivity (Wildman–Crippen MR) is 56.5 cm³/mol. The second-order valence-corrected chi connectivity index (χ2v) is 5.13. The lowest BCUT2D eigenvalue weighted by Gasteiger charge is -2.36. The molecule has 1 amide bonds. The third-order valence-corrected chi connectivity index (χ3v) is 2.36. The number of hydrogen-bond donors (Lipinski definition) is 0. The lowest BCUT2D eigenvalue weighted by molar-refractivity contribution is -0.0703. The third-order valence-electron chi connectivity index (χ3n) is 2.36. The standard InChI is InChI=1S/C11H16F2N2O2/c1-10(2,3)17-9(16)15-5-4-11(12,13)6-8(15)7-14/h8H,4-6H2,1-3H3. The molecular weight excluding hydrogens is 230 g/mol. The lowest BCUT2D eigenvalue weighted by Crippen LogP contribution is -2.50. The highest BCUT2D eigenvalue weighted by molar-refractivity contribution is 5.69. The molecular formula is C11H16F2N2O2. The van der Waals surface area contributed by atoms with Gasteiger partial charge in [0.1, 0.15) is 11.6 Å². The molecule has 0 bridgehead atoms. The number of piperidine rings is 1. The van der Waals surface area contributed by atoms with Crippen LogP contribution in [0.1, 0.15) is 33.6 Å². The van der Waals surface area contributed by atoms with E-state index in [0.717, 1.165) is 4.90 Å². The van der Waals surface area contributed by atoms with Gasteiger partial charge in [0.05, 0.1) is 6.07 Å². The number of halogens is 2. The van der Waals surface area contributed by atoms with Crippen LogP contribution in [0.25, 0.3) is 0 Å². The van der Waals surface area contributed by atoms with E-state index in [2.05, 4.69) is 0 Å². The van der Waals surface area contributed by atoms with Crippen molar-refractivity contribution in [3.8, 4) is 6.07 Å². The van der Waals surface area contributed by atoms with Gasteiger partial charge in [-0.05, 0) is 20.8 Å². The number of amides is 1. The normalized spacial score (nSPS) is 24.0. The summed E-state index contributed by atoms with van der Waals surface area (Å²) in [6, 6.07) is 0.604. The largest absolute Gasteiger partial charge is 0.444 e. The van der Waals surface area contributed by atoms with Crippen LogP contribution < -0.4 is 0 Å². The van der Waals surface area contributed by atoms with Crippen molar-refractivity contribution in [3.05, 3.63) is 0 Å². The van der Waals surface area contributed by atoms with Crippen molar-refractivity contribution in [2.75, 3.05) is 6.54 Å². The van der Waals surface area contributed by atoms with Gasteiger partial charge in [0.15, 0.2) is 0 Å². The first-order valence-electron chi connectivity index (χ1n) is 5.42. The monoisotopic (exact) mass is 246 g/mol. The highest BCUT2D eigenvalue weighted by Crippen LogP contribution is 2.32. The molecule has 1 saturated heterocycles. The highest BCUT2D eigenvalue weighted by Gasteiger charge is 2.43. The van der Waals surface area contributed by atoms with E-state index in [9.17, 15) is 13.6 Å². The summed E-state index contributed by atoms with van der Waals surface area (Å²) in [7, 11) is 0. The molecule has 1 aliphatic rings. The predicted octanol–water partition coefficient (Wildman–Crippen LogP) is 2.54. The van der Waals surface area contributed by atoms with Crippen molar-refractivity contribution in [1.82, 2.24) is 4.90 Å². The summed E-state index contributed by atoms with van der Waals surface area (Å²) < 4.78 is 31.2. The van der Waals surface area contributed by atoms with Crippen LogP contribution in [0.5, 0.6) is 0 Å². The first kappa shape index (κ1) is 13.7. The summed E-state index contributed by atoms with van der Waals surface area (Å²) in [4.78, 5) is 12.8. The number of carbonyl (C=O) groups excluding carboxylic acids is 1. The molecule has 0 radical (unpaired) electrons. The van der Waals surface area contributed by atoms with Crippen molar-refractivity contribution in [2.45, 2.75) is 51.2 Å². The molecule has 1 unspecified atom stereocenters. The minimum absolute atomic E-state index is 0.153. The zero-order valence-electron chi connectivity index (χ0n) is 10.2. The number of nitrogens with zero attached hydrogens (tertiary/aromatic N) is 2. The first-order valence-corrected chi connectivity index (χ1v) is 5.42. The molecule has 4 nitrogen and oxygen atoms in total. The molecule has 0 aromatic carbocycles. The summed E-state index contributed by atoms with van der Waals surface area (Å²) in [5.41, 5.74) is -0.697. The van der Waals surface area contributed by atoms with E-state index >= 15 is 0 Å². The van der Waals surface area contributed by atoms with Crippen LogP contribution in [0.3, 0.4) is 0 Å². The van der Waals surface area contributed by atoms with Gasteiger partial charge in [-0.25, -0.2) is 13.6 Å². The molecule has 0 N–H and O–H groups in total. The van der Waals surface area contributed by atoms with Gasteiger partial charge < -0.3 is 4.74 Å². The van der Waals surface area contributed by atoms with E-state index in [4.69, 9.17) is 10.00 Å². The summed E-state index contributed by atoms with van der Waals surface area (Å²) in [5.74, 6) is -2.88. The summed E-state index contributed by atoms with van der Waals surface area (Å²) >= 11 is 0. The van der Waals surface area contributed by atoms with Gasteiger partial charge in [0.2, 0.25) is 0 Å². The number of likely N-dealkylation sites (tertiary alicyclic amines) is 1. The van der Waals surface area contributed by atoms with Crippen molar-refractivity contribution in [2.24, 2.45) is 0 Å². The fraction of sp³-hybridized carbons (Fsp3) is 0.818. The van der Waals surface area contributed by atoms with Crippen molar-refractivity contribution < 1.29 is 18.3 Å². The van der Waals surface area contributed by atoms with Gasteiger partial charge in [0, 0.05) is 19.4 Å². The Morgan fingerprint density at radius 3 is 2.59 bits per heavy atom. The topological polar surface area (TPSA) is 53.3 Å². The van der Waals surface area contributed by atoms with Gasteiger partial charge in [-0.2, -0.15) is 5.26 Å². The number of carbonyl (C=O) groups is 1. The number of hydrogen-bond acceptors (Lipinski definition) is 3. The highest BCUT2D eigenvalue weighted by atomic mass is 19.3. The fourth-order valence-electron chi connectivity index (χ4n) is 1.59. The van der Waals surface area contributed by atoms with E-state index in [0.29, 0.717) is 0 Å². The number of nitriles is 1. The maximum Gasteiger partial charge on any atom is 0.411 e. The van der Waals surface area contributed by atoms with Gasteiger partial charge in [0.25, 0.3) is 5.92 Å². The van der Waals surface area contributed by atoms with Crippen LogP contribution in [-0.2, 0) is 4.74 Å². The minimum Gasteiger partial charge on any atom is -0.444 e. The van der Waals surface area contributed by atoms with Crippen LogP contribution in [0, 0.1) is 11.3 Å². The average Bonchev–Trinajstić information content (AvgIpc) is 2.13. The molecule has 0 aromatic heterocycles. The van der Waals surface area contributed by atoms with Gasteiger partial charge in [-0.15, -0.1) is 0 Å². The Morgan fingerprint density at radius 2 is 2.12 bits per heavy atom. The maximum absolute atomic E-state index is 13.1. The van der Waals surface area contributed by atoms with Crippen LogP contribution in [0.15, 0.2) is 0 Å². The number of ether oxygens (including phenoxy) is 1. The fourth-order valence-corrected chi connectivity index (χ4v) is 1.59. The van der Waals surface area contributed by atoms with E-state index in [-0.39, 0.29) is 6.54 Å². The van der Waals surface area contributed by atoms with Crippen LogP contribution in [0.2, 0.25) is 0 Å². The maximum atomic E-state index is 13.1. The van der Waals surface area contributed by atoms with E-state index in [1.807, 2.05) is 0 Å². The van der Waals surface area contributed by atoms with E-state index in [1.165, 1.54) is 0 Å². The first-order chi connectivity index (χ1) is 7.64. The molecule has 1 heterocycles. The van der Waals surface area contributed by atoms with Crippen LogP contribution >= 0.6 is 0 Å². The van der Waals surface area contributed by atoms with Gasteiger partial charge >= 0.3 is 6.09 Å². The van der Waals surface area contributed by atoms with Crippen LogP contribution in [-0.4, -0.2) is 35.1 Å². The molecule has 0 saturated carbocycles. The van der Waals surface area contributed by atoms with Crippen molar-refractivity contribution >= 4 is 6.09 Å². The Labute approximate surface area is 99.1 Å². The molecule has 1 aliphatic heterocycles. The summed E-state index contributed by atoms with van der Waals surface area (Å²) in [5, 5.41) is 8.81. The zero-order valence-corrected chi connectivity index (χ0v) is 10.2. The molecule has 0 spiro atoms. The van der Waals surface area contributed by atoms with Gasteiger partial charge in [-0.3, -0.25) is 4.90 Å². The molecule has 17 heavy (non-hydrogen) atoms. The summed E-state index contributed by atoms with van der Waals surface area (Å²) in [6.07, 6.45) is -1.76. The molecule has 96 valence electrons. The van der Waals surface area contributed by atoms with E-state index < -0.39 is 36.5 Å². The molecule has 1 atom stereocenters. The lowest BCUT2D eigenvalue weighted by atomic mass is 10.00. The Bertz CT molecular complexity index is 344. The van der Waals surface area contributed by atoms with Crippen LogP contribution in [0.4, 0.5) is 13.6 Å². The zero-order chi connectivity index (χ0) is 13.3. The molecule has 1 rings (SSSR count). The Morgan fingerprint density at radius 1 is 1.53 bits per heavy atom. The number of alkyl halides is 2. The smallest absolute Gasteiger partial charge is 0.411 e. The SMILES string of the molecule is CC(C)(C)OC(=O)N1CCC(F)(F)CC1C#N. The second kappa shape index (κ2) is 4.47. The molecule has 0 aliphatic carbocycles. The average molecular weight is 246 g/mol. The molecule has 0 aromatic rings. The van der Waals surface area contributed by atoms with Gasteiger partial charge in [-0.1, -0.05) is 0 Å². The Balaban J connectivity index is 2.72. The Hall–Kier alpha value is -1.38. The number of rotatable bonds is 0. The van der Waals surface area contributed by atoms with E-state index in [1.54, 1.807) is 26.8 Å². The second-order valence-electron chi connectivity index (χ2n) is 5.13. The Kier molecular flexibility index (Phi) is 3.60. The molecule has 1 fully saturated rings.